The number of amides is 1. The van der Waals surface area contributed by atoms with Gasteiger partial charge >= 0.3 is 0 Å². The maximum Gasteiger partial charge on any atom is 0.266 e. The third-order valence-electron chi connectivity index (χ3n) is 6.81. The van der Waals surface area contributed by atoms with Crippen LogP contribution in [-0.4, -0.2) is 45.0 Å². The molecule has 1 amide bonds. The van der Waals surface area contributed by atoms with Crippen LogP contribution in [0.4, 0.5) is 5.69 Å². The van der Waals surface area contributed by atoms with Crippen molar-refractivity contribution in [2.45, 2.75) is 39.0 Å². The maximum absolute atomic E-state index is 13.7. The molecule has 186 valence electrons. The Bertz CT molecular complexity index is 1420. The smallest absolute Gasteiger partial charge is 0.266 e. The van der Waals surface area contributed by atoms with Crippen molar-refractivity contribution >= 4 is 56.9 Å². The zero-order valence-electron chi connectivity index (χ0n) is 20.8. The van der Waals surface area contributed by atoms with Gasteiger partial charge in [0.25, 0.3) is 11.5 Å². The number of ether oxygens (including phenoxy) is 1. The molecule has 2 aliphatic heterocycles. The van der Waals surface area contributed by atoms with Crippen molar-refractivity contribution in [1.82, 2.24) is 9.47 Å². The molecule has 0 saturated carbocycles. The Morgan fingerprint density at radius 2 is 1.67 bits per heavy atom. The molecule has 8 heteroatoms. The lowest BCUT2D eigenvalue weighted by molar-refractivity contribution is -0.123. The fourth-order valence-corrected chi connectivity index (χ4v) is 6.56. The molecular formula is C28H29N3O3S2. The van der Waals surface area contributed by atoms with E-state index < -0.39 is 0 Å². The summed E-state index contributed by atoms with van der Waals surface area (Å²) in [6.07, 6.45) is 1.79. The van der Waals surface area contributed by atoms with E-state index in [1.165, 1.54) is 11.8 Å². The van der Waals surface area contributed by atoms with Crippen molar-refractivity contribution in [3.8, 4) is 0 Å². The molecule has 36 heavy (non-hydrogen) atoms. The first-order valence-electron chi connectivity index (χ1n) is 12.1. The molecular weight excluding hydrogens is 490 g/mol. The van der Waals surface area contributed by atoms with E-state index in [9.17, 15) is 9.59 Å². The predicted octanol–water partition coefficient (Wildman–Crippen LogP) is 5.11. The molecule has 1 aromatic heterocycles. The van der Waals surface area contributed by atoms with Gasteiger partial charge in [0.2, 0.25) is 0 Å². The quantitative estimate of drug-likeness (QED) is 0.353. The van der Waals surface area contributed by atoms with Gasteiger partial charge in [-0.25, -0.2) is 0 Å². The van der Waals surface area contributed by atoms with Crippen LogP contribution >= 0.6 is 24.0 Å². The average Bonchev–Trinajstić information content (AvgIpc) is 3.14. The number of aromatic nitrogens is 1. The summed E-state index contributed by atoms with van der Waals surface area (Å²) in [4.78, 5) is 31.6. The predicted molar refractivity (Wildman–Crippen MR) is 151 cm³/mol. The fraction of sp³-hybridized carbons (Fsp3) is 0.321. The van der Waals surface area contributed by atoms with Gasteiger partial charge in [-0.1, -0.05) is 72.5 Å². The number of nitrogens with zero attached hydrogens (tertiary/aromatic N) is 3. The number of para-hydroxylation sites is 1. The van der Waals surface area contributed by atoms with Gasteiger partial charge in [0.15, 0.2) is 0 Å². The Labute approximate surface area is 220 Å². The molecule has 0 radical (unpaired) electrons. The highest BCUT2D eigenvalue weighted by atomic mass is 32.2. The summed E-state index contributed by atoms with van der Waals surface area (Å²) in [7, 11) is 1.78. The second-order valence-electron chi connectivity index (χ2n) is 9.44. The lowest BCUT2D eigenvalue weighted by Crippen LogP contribution is -2.46. The number of anilines is 1. The van der Waals surface area contributed by atoms with Crippen LogP contribution in [0.25, 0.3) is 17.0 Å². The number of fused-ring (bicyclic) bond motifs is 1. The minimum atomic E-state index is -0.204. The third-order valence-corrected chi connectivity index (χ3v) is 8.15. The molecule has 5 rings (SSSR count). The first-order chi connectivity index (χ1) is 17.3. The van der Waals surface area contributed by atoms with E-state index in [4.69, 9.17) is 17.0 Å². The van der Waals surface area contributed by atoms with Gasteiger partial charge in [0.1, 0.15) is 4.32 Å². The number of hydrogen-bond acceptors (Lipinski definition) is 6. The Morgan fingerprint density at radius 3 is 2.36 bits per heavy atom. The molecule has 0 N–H and O–H groups in total. The third kappa shape index (κ3) is 4.38. The van der Waals surface area contributed by atoms with Crippen LogP contribution in [-0.2, 0) is 16.6 Å². The van der Waals surface area contributed by atoms with Crippen LogP contribution in [0, 0.1) is 0 Å². The molecule has 3 heterocycles. The largest absolute Gasteiger partial charge is 0.372 e. The number of thiocarbonyl (C=S) groups is 1. The molecule has 3 aromatic rings. The van der Waals surface area contributed by atoms with E-state index in [0.29, 0.717) is 27.9 Å². The molecule has 6 nitrogen and oxygen atoms in total. The van der Waals surface area contributed by atoms with E-state index in [1.54, 1.807) is 22.6 Å². The van der Waals surface area contributed by atoms with Crippen LogP contribution in [0.3, 0.4) is 0 Å². The van der Waals surface area contributed by atoms with Crippen LogP contribution < -0.4 is 10.5 Å². The molecule has 0 bridgehead atoms. The summed E-state index contributed by atoms with van der Waals surface area (Å²) in [6, 6.07) is 17.5. The van der Waals surface area contributed by atoms with Crippen molar-refractivity contribution < 1.29 is 9.53 Å². The van der Waals surface area contributed by atoms with Gasteiger partial charge in [0, 0.05) is 25.5 Å². The number of morpholine rings is 1. The number of aryl methyl sites for hydroxylation is 1. The zero-order chi connectivity index (χ0) is 25.6. The molecule has 3 unspecified atom stereocenters. The second-order valence-corrected chi connectivity index (χ2v) is 11.1. The lowest BCUT2D eigenvalue weighted by Gasteiger charge is -2.38. The summed E-state index contributed by atoms with van der Waals surface area (Å²) in [5, 5.41) is 0.972. The minimum absolute atomic E-state index is 0.0225. The van der Waals surface area contributed by atoms with Crippen molar-refractivity contribution in [2.24, 2.45) is 7.05 Å². The van der Waals surface area contributed by atoms with E-state index in [2.05, 4.69) is 4.90 Å². The summed E-state index contributed by atoms with van der Waals surface area (Å²) < 4.78 is 8.12. The topological polar surface area (TPSA) is 54.8 Å². The van der Waals surface area contributed by atoms with Gasteiger partial charge in [0.05, 0.1) is 39.9 Å². The van der Waals surface area contributed by atoms with Crippen LogP contribution in [0.2, 0.25) is 0 Å². The number of benzene rings is 2. The summed E-state index contributed by atoms with van der Waals surface area (Å²) in [5.74, 6) is -0.175. The number of thioether (sulfide) groups is 1. The van der Waals surface area contributed by atoms with Crippen molar-refractivity contribution in [3.05, 3.63) is 81.0 Å². The van der Waals surface area contributed by atoms with Crippen LogP contribution in [0.15, 0.2) is 64.3 Å². The number of carbonyl (C=O) groups is 1. The Hall–Kier alpha value is -2.94. The summed E-state index contributed by atoms with van der Waals surface area (Å²) >= 11 is 6.88. The SMILES string of the molecule is CC1CN(c2c(C=C3SC(=S)N(C(C)c4ccccc4)C3=O)c(=O)n(C)c3ccccc23)CC(C)O1. The lowest BCUT2D eigenvalue weighted by atomic mass is 10.0. The maximum atomic E-state index is 13.7. The number of rotatable bonds is 4. The molecule has 2 fully saturated rings. The zero-order valence-corrected chi connectivity index (χ0v) is 22.4. The van der Waals surface area contributed by atoms with Crippen molar-refractivity contribution in [1.29, 1.82) is 0 Å². The van der Waals surface area contributed by atoms with Gasteiger partial charge in [-0.3, -0.25) is 14.5 Å². The first kappa shape index (κ1) is 24.7. The molecule has 3 atom stereocenters. The number of hydrogen-bond donors (Lipinski definition) is 0. The molecule has 2 saturated heterocycles. The van der Waals surface area contributed by atoms with Gasteiger partial charge < -0.3 is 14.2 Å². The van der Waals surface area contributed by atoms with Gasteiger partial charge in [-0.2, -0.15) is 0 Å². The normalized spacial score (nSPS) is 22.6. The van der Waals surface area contributed by atoms with Gasteiger partial charge in [-0.15, -0.1) is 0 Å². The fourth-order valence-electron chi connectivity index (χ4n) is 5.16. The van der Waals surface area contributed by atoms with Crippen molar-refractivity contribution in [2.75, 3.05) is 18.0 Å². The minimum Gasteiger partial charge on any atom is -0.372 e. The molecule has 0 aliphatic carbocycles. The summed E-state index contributed by atoms with van der Waals surface area (Å²) in [5.41, 5.74) is 3.07. The summed E-state index contributed by atoms with van der Waals surface area (Å²) in [6.45, 7) is 7.38. The highest BCUT2D eigenvalue weighted by Crippen LogP contribution is 2.40. The van der Waals surface area contributed by atoms with Crippen LogP contribution in [0.5, 0.6) is 0 Å². The van der Waals surface area contributed by atoms with E-state index >= 15 is 0 Å². The standard InChI is InChI=1S/C28H29N3O3S2/c1-17-15-30(16-18(2)34-17)25-21-12-8-9-13-23(21)29(4)26(32)22(25)14-24-27(33)31(28(35)36-24)19(3)20-10-6-5-7-11-20/h5-14,17-19H,15-16H2,1-4H3. The van der Waals surface area contributed by atoms with E-state index in [0.717, 1.165) is 22.2 Å². The highest BCUT2D eigenvalue weighted by molar-refractivity contribution is 8.26. The number of pyridine rings is 1. The Balaban J connectivity index is 1.64. The number of carbonyl (C=O) groups excluding carboxylic acids is 1. The Kier molecular flexibility index (Phi) is 6.76. The molecule has 2 aliphatic rings. The highest BCUT2D eigenvalue weighted by Gasteiger charge is 2.37. The van der Waals surface area contributed by atoms with E-state index in [-0.39, 0.29) is 29.7 Å². The van der Waals surface area contributed by atoms with Crippen LogP contribution in [0.1, 0.15) is 37.9 Å². The molecule has 2 aromatic carbocycles. The van der Waals surface area contributed by atoms with Crippen molar-refractivity contribution in [3.63, 3.8) is 0 Å². The monoisotopic (exact) mass is 519 g/mol. The van der Waals surface area contributed by atoms with E-state index in [1.807, 2.05) is 75.4 Å². The Morgan fingerprint density at radius 1 is 1.03 bits per heavy atom. The average molecular weight is 520 g/mol. The first-order valence-corrected chi connectivity index (χ1v) is 13.3. The second kappa shape index (κ2) is 9.84. The van der Waals surface area contributed by atoms with Gasteiger partial charge in [-0.05, 0) is 38.5 Å². The molecule has 0 spiro atoms.